The molecule has 0 radical (unpaired) electrons. The molecule has 0 atom stereocenters. The molecule has 0 aliphatic rings. The molecule has 0 fully saturated rings. The Hall–Kier alpha value is -2.81. The van der Waals surface area contributed by atoms with E-state index in [1.165, 1.54) is 0 Å². The molecule has 0 aliphatic carbocycles. The van der Waals surface area contributed by atoms with Gasteiger partial charge in [0.2, 0.25) is 5.95 Å². The number of aryl methyl sites for hydroxylation is 1. The first-order valence-corrected chi connectivity index (χ1v) is 5.95. The van der Waals surface area contributed by atoms with Gasteiger partial charge in [-0.05, 0) is 6.92 Å². The van der Waals surface area contributed by atoms with Crippen molar-refractivity contribution in [2.24, 2.45) is 5.84 Å². The smallest absolute Gasteiger partial charge is 0.241 e. The third-order valence-electron chi connectivity index (χ3n) is 2.71. The zero-order chi connectivity index (χ0) is 13.9. The highest BCUT2D eigenvalue weighted by molar-refractivity contribution is 5.86. The molecule has 0 spiro atoms. The molecule has 20 heavy (non-hydrogen) atoms. The first-order chi connectivity index (χ1) is 9.76. The van der Waals surface area contributed by atoms with Crippen LogP contribution < -0.4 is 16.6 Å². The predicted octanol–water partition coefficient (Wildman–Crippen LogP) is 0.349. The van der Waals surface area contributed by atoms with Crippen LogP contribution in [0.3, 0.4) is 0 Å². The van der Waals surface area contributed by atoms with Gasteiger partial charge < -0.3 is 5.32 Å². The van der Waals surface area contributed by atoms with Crippen molar-refractivity contribution in [2.45, 2.75) is 13.5 Å². The van der Waals surface area contributed by atoms with E-state index in [0.29, 0.717) is 24.0 Å². The monoisotopic (exact) mass is 271 g/mol. The van der Waals surface area contributed by atoms with Crippen LogP contribution in [0.15, 0.2) is 18.6 Å². The molecular formula is C11H13N9. The van der Waals surface area contributed by atoms with E-state index in [2.05, 4.69) is 40.9 Å². The number of nitrogens with one attached hydrogen (secondary N) is 3. The third-order valence-corrected chi connectivity index (χ3v) is 2.71. The number of aromatic amines is 1. The molecule has 9 nitrogen and oxygen atoms in total. The number of hydrogen-bond donors (Lipinski definition) is 4. The van der Waals surface area contributed by atoms with Crippen molar-refractivity contribution in [2.75, 3.05) is 10.7 Å². The molecule has 0 amide bonds. The van der Waals surface area contributed by atoms with Crippen LogP contribution in [0.4, 0.5) is 11.8 Å². The van der Waals surface area contributed by atoms with Crippen molar-refractivity contribution >= 4 is 22.8 Å². The van der Waals surface area contributed by atoms with Gasteiger partial charge in [-0.1, -0.05) is 0 Å². The number of hydrazine groups is 1. The number of fused-ring (bicyclic) bond motifs is 1. The van der Waals surface area contributed by atoms with Gasteiger partial charge in [-0.2, -0.15) is 15.1 Å². The van der Waals surface area contributed by atoms with Crippen LogP contribution in [0.25, 0.3) is 11.0 Å². The average Bonchev–Trinajstić information content (AvgIpc) is 2.94. The zero-order valence-corrected chi connectivity index (χ0v) is 10.8. The second-order valence-corrected chi connectivity index (χ2v) is 4.18. The van der Waals surface area contributed by atoms with Gasteiger partial charge in [0, 0.05) is 6.20 Å². The van der Waals surface area contributed by atoms with E-state index in [9.17, 15) is 0 Å². The second-order valence-electron chi connectivity index (χ2n) is 4.18. The van der Waals surface area contributed by atoms with Gasteiger partial charge in [-0.25, -0.2) is 5.84 Å². The van der Waals surface area contributed by atoms with Gasteiger partial charge in [-0.3, -0.25) is 20.5 Å². The molecule has 3 aromatic rings. The summed E-state index contributed by atoms with van der Waals surface area (Å²) in [5, 5.41) is 10.7. The van der Waals surface area contributed by atoms with Gasteiger partial charge >= 0.3 is 0 Å². The highest BCUT2D eigenvalue weighted by Gasteiger charge is 2.09. The Labute approximate surface area is 114 Å². The molecule has 0 unspecified atom stereocenters. The zero-order valence-electron chi connectivity index (χ0n) is 10.8. The van der Waals surface area contributed by atoms with Gasteiger partial charge in [0.1, 0.15) is 5.82 Å². The molecular weight excluding hydrogens is 258 g/mol. The molecule has 9 heteroatoms. The van der Waals surface area contributed by atoms with E-state index < -0.39 is 0 Å². The lowest BCUT2D eigenvalue weighted by atomic mass is 10.3. The first-order valence-electron chi connectivity index (χ1n) is 5.95. The minimum Gasteiger partial charge on any atom is -0.364 e. The molecule has 3 rings (SSSR count). The Morgan fingerprint density at radius 3 is 2.85 bits per heavy atom. The Morgan fingerprint density at radius 1 is 1.20 bits per heavy atom. The van der Waals surface area contributed by atoms with Crippen LogP contribution in [0.1, 0.15) is 11.4 Å². The van der Waals surface area contributed by atoms with Crippen molar-refractivity contribution < 1.29 is 0 Å². The van der Waals surface area contributed by atoms with E-state index in [4.69, 9.17) is 5.84 Å². The lowest BCUT2D eigenvalue weighted by Crippen LogP contribution is -2.12. The van der Waals surface area contributed by atoms with Crippen LogP contribution in [0, 0.1) is 6.92 Å². The fourth-order valence-corrected chi connectivity index (χ4v) is 1.72. The van der Waals surface area contributed by atoms with Crippen molar-refractivity contribution in [1.29, 1.82) is 0 Å². The molecule has 0 aromatic carbocycles. The summed E-state index contributed by atoms with van der Waals surface area (Å²) in [5.41, 5.74) is 4.71. The van der Waals surface area contributed by atoms with Crippen LogP contribution in [-0.4, -0.2) is 30.1 Å². The number of nitrogen functional groups attached to an aromatic ring is 1. The molecule has 0 aliphatic heterocycles. The number of nitrogens with zero attached hydrogens (tertiary/aromatic N) is 5. The molecule has 0 saturated carbocycles. The number of nitrogens with two attached hydrogens (primary N) is 1. The fraction of sp³-hybridized carbons (Fsp3) is 0.182. The summed E-state index contributed by atoms with van der Waals surface area (Å²) in [5.74, 6) is 6.27. The van der Waals surface area contributed by atoms with Crippen LogP contribution >= 0.6 is 0 Å². The summed E-state index contributed by atoms with van der Waals surface area (Å²) in [6.45, 7) is 2.39. The van der Waals surface area contributed by atoms with Crippen LogP contribution in [0.5, 0.6) is 0 Å². The van der Waals surface area contributed by atoms with E-state index in [1.54, 1.807) is 18.6 Å². The molecule has 102 valence electrons. The maximum atomic E-state index is 5.34. The van der Waals surface area contributed by atoms with Crippen molar-refractivity contribution in [1.82, 2.24) is 30.1 Å². The third kappa shape index (κ3) is 2.34. The second kappa shape index (κ2) is 5.05. The minimum atomic E-state index is 0.305. The minimum absolute atomic E-state index is 0.305. The SMILES string of the molecule is Cc1cnc(CNc2nc(NN)nc3[nH]ncc23)cn1. The Morgan fingerprint density at radius 2 is 2.10 bits per heavy atom. The number of anilines is 2. The fourth-order valence-electron chi connectivity index (χ4n) is 1.72. The van der Waals surface area contributed by atoms with E-state index in [1.807, 2.05) is 6.92 Å². The summed E-state index contributed by atoms with van der Waals surface area (Å²) in [7, 11) is 0. The summed E-state index contributed by atoms with van der Waals surface area (Å²) in [6, 6.07) is 0. The number of rotatable bonds is 4. The summed E-state index contributed by atoms with van der Waals surface area (Å²) >= 11 is 0. The summed E-state index contributed by atoms with van der Waals surface area (Å²) < 4.78 is 0. The average molecular weight is 271 g/mol. The normalized spacial score (nSPS) is 10.7. The standard InChI is InChI=1S/C11H13N9/c1-6-2-14-7(3-13-6)4-15-9-8-5-16-20-10(8)18-11(17-9)19-12/h2-3,5H,4,12H2,1H3,(H3,15,16,17,18,19,20). The molecule has 3 heterocycles. The number of aromatic nitrogens is 6. The lowest BCUT2D eigenvalue weighted by Gasteiger charge is -2.07. The Kier molecular flexibility index (Phi) is 3.09. The van der Waals surface area contributed by atoms with E-state index in [0.717, 1.165) is 16.8 Å². The van der Waals surface area contributed by atoms with E-state index >= 15 is 0 Å². The maximum absolute atomic E-state index is 5.34. The van der Waals surface area contributed by atoms with Crippen LogP contribution in [0.2, 0.25) is 0 Å². The molecule has 3 aromatic heterocycles. The molecule has 0 saturated heterocycles. The first kappa shape index (κ1) is 12.2. The predicted molar refractivity (Wildman–Crippen MR) is 73.6 cm³/mol. The largest absolute Gasteiger partial charge is 0.364 e. The van der Waals surface area contributed by atoms with Crippen molar-refractivity contribution in [3.05, 3.63) is 30.0 Å². The van der Waals surface area contributed by atoms with Gasteiger partial charge in [0.05, 0.1) is 35.7 Å². The Balaban J connectivity index is 1.86. The van der Waals surface area contributed by atoms with Gasteiger partial charge in [0.15, 0.2) is 5.65 Å². The van der Waals surface area contributed by atoms with Gasteiger partial charge in [-0.15, -0.1) is 0 Å². The highest BCUT2D eigenvalue weighted by Crippen LogP contribution is 2.19. The molecule has 0 bridgehead atoms. The topological polar surface area (TPSA) is 130 Å². The van der Waals surface area contributed by atoms with Crippen molar-refractivity contribution in [3.8, 4) is 0 Å². The molecule has 5 N–H and O–H groups in total. The Bertz CT molecular complexity index is 718. The number of hydrogen-bond acceptors (Lipinski definition) is 8. The summed E-state index contributed by atoms with van der Waals surface area (Å²) in [4.78, 5) is 16.9. The lowest BCUT2D eigenvalue weighted by molar-refractivity contribution is 0.976. The number of H-pyrrole nitrogens is 1. The van der Waals surface area contributed by atoms with Gasteiger partial charge in [0.25, 0.3) is 0 Å². The quantitative estimate of drug-likeness (QED) is 0.395. The maximum Gasteiger partial charge on any atom is 0.241 e. The van der Waals surface area contributed by atoms with E-state index in [-0.39, 0.29) is 0 Å². The van der Waals surface area contributed by atoms with Crippen LogP contribution in [-0.2, 0) is 6.54 Å². The summed E-state index contributed by atoms with van der Waals surface area (Å²) in [6.07, 6.45) is 5.09. The highest BCUT2D eigenvalue weighted by atomic mass is 15.3. The van der Waals surface area contributed by atoms with Crippen molar-refractivity contribution in [3.63, 3.8) is 0 Å².